The molecule has 6 nitrogen and oxygen atoms in total. The summed E-state index contributed by atoms with van der Waals surface area (Å²) in [6, 6.07) is 0. The Kier molecular flexibility index (Phi) is 3.95. The first kappa shape index (κ1) is 12.7. The fourth-order valence-electron chi connectivity index (χ4n) is 1.55. The molecule has 2 heterocycles. The summed E-state index contributed by atoms with van der Waals surface area (Å²) in [5.74, 6) is 2.80. The second-order valence-electron chi connectivity index (χ2n) is 3.96. The van der Waals surface area contributed by atoms with Gasteiger partial charge in [0.15, 0.2) is 5.16 Å². The van der Waals surface area contributed by atoms with Gasteiger partial charge in [-0.1, -0.05) is 11.8 Å². The van der Waals surface area contributed by atoms with Crippen LogP contribution in [0.4, 0.5) is 11.9 Å². The average Bonchev–Trinajstić information content (AvgIpc) is 2.26. The van der Waals surface area contributed by atoms with Gasteiger partial charge >= 0.3 is 0 Å². The zero-order valence-electron chi connectivity index (χ0n) is 9.30. The summed E-state index contributed by atoms with van der Waals surface area (Å²) in [5, 5.41) is 10.8. The highest BCUT2D eigenvalue weighted by Gasteiger charge is 2.29. The van der Waals surface area contributed by atoms with Crippen LogP contribution in [-0.2, 0) is 0 Å². The number of nitrogens with two attached hydrogens (primary N) is 2. The van der Waals surface area contributed by atoms with Crippen molar-refractivity contribution in [2.24, 2.45) is 0 Å². The molecule has 94 valence electrons. The molecule has 5 N–H and O–H groups in total. The maximum Gasteiger partial charge on any atom is 0.225 e. The number of aromatic nitrogens is 3. The predicted molar refractivity (Wildman–Crippen MR) is 70.9 cm³/mol. The Morgan fingerprint density at radius 1 is 1.18 bits per heavy atom. The molecule has 0 radical (unpaired) electrons. The minimum atomic E-state index is -0.619. The zero-order valence-corrected chi connectivity index (χ0v) is 10.9. The normalized spacial score (nSPS) is 19.1. The fourth-order valence-corrected chi connectivity index (χ4v) is 3.80. The maximum absolute atomic E-state index is 10.3. The Hall–Kier alpha value is -0.730. The van der Waals surface area contributed by atoms with E-state index in [2.05, 4.69) is 15.0 Å². The van der Waals surface area contributed by atoms with E-state index in [1.54, 1.807) is 0 Å². The highest BCUT2D eigenvalue weighted by Crippen LogP contribution is 2.31. The molecule has 0 amide bonds. The Labute approximate surface area is 108 Å². The summed E-state index contributed by atoms with van der Waals surface area (Å²) in [7, 11) is 0. The Morgan fingerprint density at radius 2 is 1.76 bits per heavy atom. The third kappa shape index (κ3) is 3.62. The molecule has 0 atom stereocenters. The molecular weight excluding hydrogens is 258 g/mol. The lowest BCUT2D eigenvalue weighted by molar-refractivity contribution is 0.0568. The van der Waals surface area contributed by atoms with Crippen LogP contribution >= 0.6 is 23.5 Å². The maximum atomic E-state index is 10.3. The van der Waals surface area contributed by atoms with Crippen molar-refractivity contribution in [1.82, 2.24) is 15.0 Å². The van der Waals surface area contributed by atoms with E-state index < -0.39 is 5.60 Å². The van der Waals surface area contributed by atoms with E-state index in [9.17, 15) is 5.11 Å². The molecule has 0 unspecified atom stereocenters. The molecule has 8 heteroatoms. The SMILES string of the molecule is Nc1nc(N)nc(SCC2(O)CCSCC2)n1. The zero-order chi connectivity index (χ0) is 12.3. The Morgan fingerprint density at radius 3 is 2.35 bits per heavy atom. The van der Waals surface area contributed by atoms with Crippen LogP contribution < -0.4 is 11.5 Å². The van der Waals surface area contributed by atoms with Crippen LogP contribution in [0.25, 0.3) is 0 Å². The van der Waals surface area contributed by atoms with Gasteiger partial charge in [0.1, 0.15) is 0 Å². The number of rotatable bonds is 3. The lowest BCUT2D eigenvalue weighted by Gasteiger charge is -2.30. The summed E-state index contributed by atoms with van der Waals surface area (Å²) < 4.78 is 0. The quantitative estimate of drug-likeness (QED) is 0.678. The molecule has 0 spiro atoms. The minimum Gasteiger partial charge on any atom is -0.389 e. The van der Waals surface area contributed by atoms with Crippen LogP contribution in [0.5, 0.6) is 0 Å². The third-order valence-corrected chi connectivity index (χ3v) is 4.65. The van der Waals surface area contributed by atoms with Crippen LogP contribution in [0.15, 0.2) is 5.16 Å². The van der Waals surface area contributed by atoms with Crippen molar-refractivity contribution in [2.45, 2.75) is 23.6 Å². The molecule has 0 bridgehead atoms. The molecule has 2 rings (SSSR count). The smallest absolute Gasteiger partial charge is 0.225 e. The van der Waals surface area contributed by atoms with Gasteiger partial charge in [0.2, 0.25) is 11.9 Å². The van der Waals surface area contributed by atoms with Crippen LogP contribution in [0, 0.1) is 0 Å². The molecule has 1 aliphatic rings. The van der Waals surface area contributed by atoms with Crippen molar-refractivity contribution in [3.8, 4) is 0 Å². The summed E-state index contributed by atoms with van der Waals surface area (Å²) in [4.78, 5) is 11.6. The molecule has 17 heavy (non-hydrogen) atoms. The van der Waals surface area contributed by atoms with Gasteiger partial charge in [-0.2, -0.15) is 26.7 Å². The van der Waals surface area contributed by atoms with Crippen molar-refractivity contribution in [2.75, 3.05) is 28.7 Å². The summed E-state index contributed by atoms with van der Waals surface area (Å²) in [6.45, 7) is 0. The molecular formula is C9H15N5OS2. The van der Waals surface area contributed by atoms with Crippen molar-refractivity contribution >= 4 is 35.4 Å². The number of aliphatic hydroxyl groups is 1. The number of anilines is 2. The van der Waals surface area contributed by atoms with E-state index in [4.69, 9.17) is 11.5 Å². The van der Waals surface area contributed by atoms with Crippen LogP contribution in [0.3, 0.4) is 0 Å². The first-order chi connectivity index (χ1) is 8.07. The van der Waals surface area contributed by atoms with Gasteiger partial charge < -0.3 is 16.6 Å². The van der Waals surface area contributed by atoms with Gasteiger partial charge in [0.05, 0.1) is 5.60 Å². The van der Waals surface area contributed by atoms with Crippen LogP contribution in [0.2, 0.25) is 0 Å². The second kappa shape index (κ2) is 5.28. The highest BCUT2D eigenvalue weighted by molar-refractivity contribution is 7.99. The van der Waals surface area contributed by atoms with Crippen molar-refractivity contribution in [3.63, 3.8) is 0 Å². The van der Waals surface area contributed by atoms with Crippen LogP contribution in [-0.4, -0.2) is 42.9 Å². The lowest BCUT2D eigenvalue weighted by Crippen LogP contribution is -2.36. The molecule has 1 aromatic rings. The van der Waals surface area contributed by atoms with E-state index >= 15 is 0 Å². The van der Waals surface area contributed by atoms with Gasteiger partial charge in [-0.15, -0.1) is 0 Å². The van der Waals surface area contributed by atoms with Gasteiger partial charge in [0.25, 0.3) is 0 Å². The number of hydrogen-bond acceptors (Lipinski definition) is 8. The third-order valence-electron chi connectivity index (χ3n) is 2.54. The highest BCUT2D eigenvalue weighted by atomic mass is 32.2. The summed E-state index contributed by atoms with van der Waals surface area (Å²) in [5.41, 5.74) is 10.3. The topological polar surface area (TPSA) is 111 Å². The van der Waals surface area contributed by atoms with E-state index in [1.807, 2.05) is 11.8 Å². The van der Waals surface area contributed by atoms with E-state index in [1.165, 1.54) is 11.8 Å². The Bertz CT molecular complexity index is 377. The predicted octanol–water partition coefficient (Wildman–Crippen LogP) is 0.386. The van der Waals surface area contributed by atoms with Crippen LogP contribution in [0.1, 0.15) is 12.8 Å². The van der Waals surface area contributed by atoms with E-state index in [-0.39, 0.29) is 11.9 Å². The molecule has 0 aliphatic carbocycles. The van der Waals surface area contributed by atoms with Crippen molar-refractivity contribution < 1.29 is 5.11 Å². The van der Waals surface area contributed by atoms with Gasteiger partial charge in [-0.3, -0.25) is 0 Å². The number of thioether (sulfide) groups is 2. The largest absolute Gasteiger partial charge is 0.389 e. The lowest BCUT2D eigenvalue weighted by atomic mass is 10.00. The first-order valence-corrected chi connectivity index (χ1v) is 7.41. The standard InChI is InChI=1S/C9H15N5OS2/c10-6-12-7(11)14-8(13-6)17-5-9(15)1-3-16-4-2-9/h15H,1-5H2,(H4,10,11,12,13,14). The van der Waals surface area contributed by atoms with Gasteiger partial charge in [0, 0.05) is 5.75 Å². The monoisotopic (exact) mass is 273 g/mol. The van der Waals surface area contributed by atoms with Crippen molar-refractivity contribution in [3.05, 3.63) is 0 Å². The molecule has 1 aromatic heterocycles. The Balaban J connectivity index is 1.96. The molecule has 1 saturated heterocycles. The first-order valence-electron chi connectivity index (χ1n) is 5.27. The average molecular weight is 273 g/mol. The van der Waals surface area contributed by atoms with E-state index in [0.29, 0.717) is 10.9 Å². The van der Waals surface area contributed by atoms with Gasteiger partial charge in [-0.05, 0) is 24.3 Å². The second-order valence-corrected chi connectivity index (χ2v) is 6.13. The number of hydrogen-bond donors (Lipinski definition) is 3. The molecule has 1 aliphatic heterocycles. The number of nitrogen functional groups attached to an aromatic ring is 2. The number of nitrogens with zero attached hydrogens (tertiary/aromatic N) is 3. The summed E-state index contributed by atoms with van der Waals surface area (Å²) in [6.07, 6.45) is 1.61. The molecule has 0 saturated carbocycles. The van der Waals surface area contributed by atoms with E-state index in [0.717, 1.165) is 24.3 Å². The van der Waals surface area contributed by atoms with Crippen molar-refractivity contribution in [1.29, 1.82) is 0 Å². The molecule has 1 fully saturated rings. The fraction of sp³-hybridized carbons (Fsp3) is 0.667. The summed E-state index contributed by atoms with van der Waals surface area (Å²) >= 11 is 3.25. The minimum absolute atomic E-state index is 0.117. The molecule has 0 aromatic carbocycles. The van der Waals surface area contributed by atoms with Gasteiger partial charge in [-0.25, -0.2) is 0 Å².